The number of esters is 2. The molecule has 1 fully saturated rings. The Labute approximate surface area is 111 Å². The van der Waals surface area contributed by atoms with E-state index in [0.717, 1.165) is 11.3 Å². The van der Waals surface area contributed by atoms with Gasteiger partial charge in [0.2, 0.25) is 0 Å². The summed E-state index contributed by atoms with van der Waals surface area (Å²) in [6.07, 6.45) is 2.04. The van der Waals surface area contributed by atoms with E-state index in [4.69, 9.17) is 9.47 Å². The van der Waals surface area contributed by atoms with Crippen LogP contribution in [0.5, 0.6) is 0 Å². The van der Waals surface area contributed by atoms with Crippen LogP contribution in [0.15, 0.2) is 30.3 Å². The van der Waals surface area contributed by atoms with Gasteiger partial charge in [-0.2, -0.15) is 0 Å². The Balaban J connectivity index is 2.01. The van der Waals surface area contributed by atoms with Gasteiger partial charge in [-0.1, -0.05) is 18.2 Å². The van der Waals surface area contributed by atoms with Gasteiger partial charge in [-0.25, -0.2) is 0 Å². The van der Waals surface area contributed by atoms with Gasteiger partial charge in [-0.3, -0.25) is 9.59 Å². The van der Waals surface area contributed by atoms with E-state index in [-0.39, 0.29) is 6.42 Å². The van der Waals surface area contributed by atoms with E-state index < -0.39 is 18.2 Å². The molecule has 1 saturated heterocycles. The lowest BCUT2D eigenvalue weighted by Crippen LogP contribution is -2.30. The number of benzene rings is 1. The Kier molecular flexibility index (Phi) is 3.85. The lowest BCUT2D eigenvalue weighted by molar-refractivity contribution is -0.194. The molecule has 0 aliphatic carbocycles. The summed E-state index contributed by atoms with van der Waals surface area (Å²) in [5.74, 6) is -1.12. The number of carbonyl (C=O) groups excluding carboxylic acids is 2. The normalized spacial score (nSPS) is 16.3. The zero-order valence-corrected chi connectivity index (χ0v) is 10.8. The Morgan fingerprint density at radius 1 is 1.11 bits per heavy atom. The highest BCUT2D eigenvalue weighted by Crippen LogP contribution is 2.15. The van der Waals surface area contributed by atoms with Gasteiger partial charge in [-0.05, 0) is 23.8 Å². The summed E-state index contributed by atoms with van der Waals surface area (Å²) in [5, 5.41) is 0. The molecule has 0 atom stereocenters. The predicted octanol–water partition coefficient (Wildman–Crippen LogP) is 1.58. The second-order valence-electron chi connectivity index (χ2n) is 4.37. The lowest BCUT2D eigenvalue weighted by atomic mass is 10.2. The fraction of sp³-hybridized carbons (Fsp3) is 0.286. The number of nitrogens with zero attached hydrogens (tertiary/aromatic N) is 1. The number of carbonyl (C=O) groups is 2. The molecule has 1 heterocycles. The largest absolute Gasteiger partial charge is 0.421 e. The van der Waals surface area contributed by atoms with Crippen molar-refractivity contribution in [1.82, 2.24) is 0 Å². The molecule has 0 bridgehead atoms. The molecule has 0 aromatic heterocycles. The van der Waals surface area contributed by atoms with Crippen molar-refractivity contribution < 1.29 is 19.1 Å². The first kappa shape index (κ1) is 13.1. The maximum Gasteiger partial charge on any atom is 0.320 e. The molecule has 0 unspecified atom stereocenters. The molecule has 5 nitrogen and oxygen atoms in total. The Bertz CT molecular complexity index is 489. The van der Waals surface area contributed by atoms with Crippen molar-refractivity contribution in [3.63, 3.8) is 0 Å². The molecule has 19 heavy (non-hydrogen) atoms. The van der Waals surface area contributed by atoms with Crippen molar-refractivity contribution in [2.24, 2.45) is 0 Å². The van der Waals surface area contributed by atoms with E-state index in [0.29, 0.717) is 0 Å². The van der Waals surface area contributed by atoms with E-state index in [9.17, 15) is 9.59 Å². The molecule has 1 aromatic carbocycles. The number of rotatable bonds is 3. The first-order valence-corrected chi connectivity index (χ1v) is 5.89. The minimum absolute atomic E-state index is 0.318. The standard InChI is InChI=1S/C14H15NO4/c1-15(2)11-6-3-10(4-7-11)5-8-14-18-12(16)9-13(17)19-14/h3-8,14H,9H2,1-2H3. The maximum absolute atomic E-state index is 11.1. The topological polar surface area (TPSA) is 55.8 Å². The summed E-state index contributed by atoms with van der Waals surface area (Å²) in [7, 11) is 3.93. The van der Waals surface area contributed by atoms with Crippen molar-refractivity contribution in [3.05, 3.63) is 35.9 Å². The molecule has 2 rings (SSSR count). The average Bonchev–Trinajstić information content (AvgIpc) is 2.36. The van der Waals surface area contributed by atoms with Gasteiger partial charge in [-0.15, -0.1) is 0 Å². The van der Waals surface area contributed by atoms with E-state index in [1.807, 2.05) is 43.3 Å². The molecule has 1 aromatic rings. The molecule has 0 saturated carbocycles. The van der Waals surface area contributed by atoms with Crippen molar-refractivity contribution >= 4 is 23.7 Å². The van der Waals surface area contributed by atoms with Crippen LogP contribution in [0.3, 0.4) is 0 Å². The van der Waals surface area contributed by atoms with E-state index in [1.54, 1.807) is 12.2 Å². The zero-order chi connectivity index (χ0) is 13.8. The maximum atomic E-state index is 11.1. The van der Waals surface area contributed by atoms with Crippen LogP contribution >= 0.6 is 0 Å². The first-order valence-electron chi connectivity index (χ1n) is 5.89. The van der Waals surface area contributed by atoms with Gasteiger partial charge in [0, 0.05) is 19.8 Å². The summed E-state index contributed by atoms with van der Waals surface area (Å²) in [4.78, 5) is 24.1. The van der Waals surface area contributed by atoms with E-state index >= 15 is 0 Å². The van der Waals surface area contributed by atoms with Crippen LogP contribution in [-0.2, 0) is 19.1 Å². The second-order valence-corrected chi connectivity index (χ2v) is 4.37. The SMILES string of the molecule is CN(C)c1ccc(C=CC2OC(=O)CC(=O)O2)cc1. The molecule has 100 valence electrons. The van der Waals surface area contributed by atoms with Gasteiger partial charge in [0.25, 0.3) is 6.29 Å². The van der Waals surface area contributed by atoms with Gasteiger partial charge in [0.15, 0.2) is 0 Å². The van der Waals surface area contributed by atoms with Crippen molar-refractivity contribution in [2.75, 3.05) is 19.0 Å². The summed E-state index contributed by atoms with van der Waals surface area (Å²) in [6, 6.07) is 7.80. The quantitative estimate of drug-likeness (QED) is 0.611. The van der Waals surface area contributed by atoms with Crippen molar-refractivity contribution in [2.45, 2.75) is 12.7 Å². The average molecular weight is 261 g/mol. The van der Waals surface area contributed by atoms with Gasteiger partial charge in [0.05, 0.1) is 0 Å². The molecule has 5 heteroatoms. The van der Waals surface area contributed by atoms with Gasteiger partial charge in [0.1, 0.15) is 6.42 Å². The van der Waals surface area contributed by atoms with Gasteiger partial charge < -0.3 is 14.4 Å². The Morgan fingerprint density at radius 3 is 2.21 bits per heavy atom. The van der Waals surface area contributed by atoms with Crippen molar-refractivity contribution in [1.29, 1.82) is 0 Å². The number of cyclic esters (lactones) is 2. The van der Waals surface area contributed by atoms with Crippen LogP contribution in [0.4, 0.5) is 5.69 Å². The summed E-state index contributed by atoms with van der Waals surface area (Å²) < 4.78 is 9.73. The summed E-state index contributed by atoms with van der Waals surface area (Å²) >= 11 is 0. The van der Waals surface area contributed by atoms with Crippen LogP contribution < -0.4 is 4.90 Å². The molecule has 1 aliphatic heterocycles. The zero-order valence-electron chi connectivity index (χ0n) is 10.8. The van der Waals surface area contributed by atoms with Crippen LogP contribution in [0.1, 0.15) is 12.0 Å². The fourth-order valence-corrected chi connectivity index (χ4v) is 1.64. The van der Waals surface area contributed by atoms with Crippen LogP contribution in [-0.4, -0.2) is 32.3 Å². The molecule has 0 N–H and O–H groups in total. The highest BCUT2D eigenvalue weighted by atomic mass is 16.7. The molecule has 0 amide bonds. The summed E-state index contributed by atoms with van der Waals surface area (Å²) in [5.41, 5.74) is 2.02. The Morgan fingerprint density at radius 2 is 1.68 bits per heavy atom. The lowest BCUT2D eigenvalue weighted by Gasteiger charge is -2.19. The number of anilines is 1. The predicted molar refractivity (Wildman–Crippen MR) is 70.4 cm³/mol. The number of hydrogen-bond acceptors (Lipinski definition) is 5. The molecular formula is C14H15NO4. The fourth-order valence-electron chi connectivity index (χ4n) is 1.64. The highest BCUT2D eigenvalue weighted by molar-refractivity contribution is 5.92. The molecule has 0 radical (unpaired) electrons. The summed E-state index contributed by atoms with van der Waals surface area (Å²) in [6.45, 7) is 0. The minimum Gasteiger partial charge on any atom is -0.421 e. The number of ether oxygens (including phenoxy) is 2. The van der Waals surface area contributed by atoms with Crippen LogP contribution in [0.25, 0.3) is 6.08 Å². The highest BCUT2D eigenvalue weighted by Gasteiger charge is 2.25. The minimum atomic E-state index is -0.928. The third-order valence-electron chi connectivity index (χ3n) is 2.64. The van der Waals surface area contributed by atoms with Crippen molar-refractivity contribution in [3.8, 4) is 0 Å². The third kappa shape index (κ3) is 3.58. The van der Waals surface area contributed by atoms with E-state index in [2.05, 4.69) is 0 Å². The smallest absolute Gasteiger partial charge is 0.320 e. The molecule has 1 aliphatic rings. The first-order chi connectivity index (χ1) is 9.04. The van der Waals surface area contributed by atoms with E-state index in [1.165, 1.54) is 0 Å². The van der Waals surface area contributed by atoms with Crippen LogP contribution in [0.2, 0.25) is 0 Å². The molecule has 0 spiro atoms. The second kappa shape index (κ2) is 5.56. The van der Waals surface area contributed by atoms with Crippen LogP contribution in [0, 0.1) is 0 Å². The monoisotopic (exact) mass is 261 g/mol. The third-order valence-corrected chi connectivity index (χ3v) is 2.64. The van der Waals surface area contributed by atoms with Gasteiger partial charge >= 0.3 is 11.9 Å². The number of hydrogen-bond donors (Lipinski definition) is 0. The Hall–Kier alpha value is -2.30. The molecular weight excluding hydrogens is 246 g/mol.